The number of ether oxygens (including phenoxy) is 1. The second kappa shape index (κ2) is 8.72. The van der Waals surface area contributed by atoms with Crippen LogP contribution in [0.2, 0.25) is 0 Å². The van der Waals surface area contributed by atoms with Gasteiger partial charge in [0.2, 0.25) is 5.76 Å². The smallest absolute Gasteiger partial charge is 0.374 e. The van der Waals surface area contributed by atoms with Gasteiger partial charge in [-0.25, -0.2) is 4.79 Å². The number of halogens is 1. The highest BCUT2D eigenvalue weighted by Crippen LogP contribution is 2.26. The number of nitrogens with zero attached hydrogens (tertiary/aromatic N) is 1. The Hall–Kier alpha value is -1.52. The molecule has 2 heterocycles. The maximum atomic E-state index is 12.3. The molecule has 1 aliphatic rings. The summed E-state index contributed by atoms with van der Waals surface area (Å²) in [5, 5.41) is 0.981. The third-order valence-electron chi connectivity index (χ3n) is 5.04. The number of hydrogen-bond acceptors (Lipinski definition) is 4. The van der Waals surface area contributed by atoms with Gasteiger partial charge in [-0.15, -0.1) is 12.4 Å². The molecule has 1 unspecified atom stereocenters. The minimum Gasteiger partial charge on any atom is -0.460 e. The molecule has 3 rings (SSSR count). The lowest BCUT2D eigenvalue weighted by atomic mass is 10.0. The summed E-state index contributed by atoms with van der Waals surface area (Å²) in [7, 11) is 0. The predicted molar refractivity (Wildman–Crippen MR) is 103 cm³/mol. The van der Waals surface area contributed by atoms with Crippen LogP contribution < -0.4 is 0 Å². The molecule has 0 aliphatic carbocycles. The van der Waals surface area contributed by atoms with Crippen LogP contribution in [0.3, 0.4) is 0 Å². The number of furan rings is 1. The lowest BCUT2D eigenvalue weighted by Gasteiger charge is -2.33. The summed E-state index contributed by atoms with van der Waals surface area (Å²) >= 11 is 0. The minimum absolute atomic E-state index is 0. The van der Waals surface area contributed by atoms with E-state index in [4.69, 9.17) is 9.15 Å². The Bertz CT molecular complexity index is 725. The van der Waals surface area contributed by atoms with E-state index in [1.807, 2.05) is 32.0 Å². The molecule has 2 aromatic rings. The van der Waals surface area contributed by atoms with Crippen LogP contribution in [0.25, 0.3) is 11.0 Å². The van der Waals surface area contributed by atoms with Crippen LogP contribution >= 0.6 is 12.4 Å². The number of aryl methyl sites for hydroxylation is 2. The molecule has 0 radical (unpaired) electrons. The molecular formula is C20H28ClNO3. The molecule has 25 heavy (non-hydrogen) atoms. The molecule has 1 aromatic heterocycles. The average molecular weight is 366 g/mol. The second-order valence-corrected chi connectivity index (χ2v) is 6.93. The van der Waals surface area contributed by atoms with Crippen LogP contribution in [0.15, 0.2) is 22.6 Å². The first kappa shape index (κ1) is 19.8. The van der Waals surface area contributed by atoms with E-state index in [0.717, 1.165) is 41.6 Å². The highest BCUT2D eigenvalue weighted by Gasteiger charge is 2.20. The fraction of sp³-hybridized carbons (Fsp3) is 0.550. The van der Waals surface area contributed by atoms with Gasteiger partial charge in [0.1, 0.15) is 5.58 Å². The van der Waals surface area contributed by atoms with E-state index in [9.17, 15) is 4.79 Å². The third kappa shape index (κ3) is 4.56. The van der Waals surface area contributed by atoms with Crippen molar-refractivity contribution in [1.29, 1.82) is 0 Å². The molecule has 138 valence electrons. The Kier molecular flexibility index (Phi) is 6.91. The second-order valence-electron chi connectivity index (χ2n) is 6.93. The van der Waals surface area contributed by atoms with Crippen LogP contribution in [-0.4, -0.2) is 36.6 Å². The first-order valence-electron chi connectivity index (χ1n) is 8.97. The first-order chi connectivity index (χ1) is 11.6. The highest BCUT2D eigenvalue weighted by atomic mass is 35.5. The maximum absolute atomic E-state index is 12.3. The Morgan fingerprint density at radius 3 is 2.88 bits per heavy atom. The fourth-order valence-electron chi connectivity index (χ4n) is 3.52. The predicted octanol–water partition coefficient (Wildman–Crippen LogP) is 4.89. The zero-order valence-electron chi connectivity index (χ0n) is 15.3. The van der Waals surface area contributed by atoms with Gasteiger partial charge in [0.05, 0.1) is 6.61 Å². The number of esters is 1. The summed E-state index contributed by atoms with van der Waals surface area (Å²) in [4.78, 5) is 14.8. The van der Waals surface area contributed by atoms with Crippen LogP contribution in [0.5, 0.6) is 0 Å². The van der Waals surface area contributed by atoms with Crippen molar-refractivity contribution in [1.82, 2.24) is 4.90 Å². The molecule has 0 saturated carbocycles. The van der Waals surface area contributed by atoms with E-state index >= 15 is 0 Å². The molecule has 5 heteroatoms. The first-order valence-corrected chi connectivity index (χ1v) is 8.97. The summed E-state index contributed by atoms with van der Waals surface area (Å²) in [5.41, 5.74) is 2.73. The van der Waals surface area contributed by atoms with E-state index in [0.29, 0.717) is 18.4 Å². The van der Waals surface area contributed by atoms with E-state index in [-0.39, 0.29) is 18.4 Å². The summed E-state index contributed by atoms with van der Waals surface area (Å²) in [6.45, 7) is 8.80. The van der Waals surface area contributed by atoms with Crippen molar-refractivity contribution in [2.45, 2.75) is 52.5 Å². The molecule has 1 atom stereocenters. The number of carbonyl (C=O) groups is 1. The van der Waals surface area contributed by atoms with E-state index in [2.05, 4.69) is 11.8 Å². The van der Waals surface area contributed by atoms with Gasteiger partial charge < -0.3 is 14.1 Å². The van der Waals surface area contributed by atoms with Crippen molar-refractivity contribution >= 4 is 29.3 Å². The van der Waals surface area contributed by atoms with Crippen molar-refractivity contribution in [2.75, 3.05) is 19.7 Å². The van der Waals surface area contributed by atoms with Gasteiger partial charge in [-0.2, -0.15) is 0 Å². The van der Waals surface area contributed by atoms with Gasteiger partial charge in [-0.1, -0.05) is 18.6 Å². The van der Waals surface area contributed by atoms with Crippen LogP contribution in [0, 0.1) is 13.8 Å². The molecule has 0 amide bonds. The normalized spacial score (nSPS) is 18.1. The van der Waals surface area contributed by atoms with Gasteiger partial charge in [0, 0.05) is 23.5 Å². The zero-order valence-corrected chi connectivity index (χ0v) is 16.2. The van der Waals surface area contributed by atoms with Gasteiger partial charge in [0.15, 0.2) is 0 Å². The molecule has 1 saturated heterocycles. The van der Waals surface area contributed by atoms with Gasteiger partial charge in [-0.05, 0) is 58.2 Å². The molecule has 0 spiro atoms. The lowest BCUT2D eigenvalue weighted by Crippen LogP contribution is -2.38. The Morgan fingerprint density at radius 1 is 1.32 bits per heavy atom. The number of fused-ring (bicyclic) bond motifs is 1. The van der Waals surface area contributed by atoms with Crippen LogP contribution in [-0.2, 0) is 4.74 Å². The van der Waals surface area contributed by atoms with Gasteiger partial charge in [0.25, 0.3) is 0 Å². The quantitative estimate of drug-likeness (QED) is 0.558. The van der Waals surface area contributed by atoms with Crippen LogP contribution in [0.4, 0.5) is 0 Å². The zero-order chi connectivity index (χ0) is 17.1. The molecule has 0 N–H and O–H groups in total. The fourth-order valence-corrected chi connectivity index (χ4v) is 3.52. The van der Waals surface area contributed by atoms with Gasteiger partial charge in [-0.3, -0.25) is 0 Å². The molecule has 0 bridgehead atoms. The summed E-state index contributed by atoms with van der Waals surface area (Å²) in [6, 6.07) is 6.63. The number of benzene rings is 1. The molecule has 1 fully saturated rings. The monoisotopic (exact) mass is 365 g/mol. The SMILES string of the molecule is Cc1ccc2c(C)c(C(=O)OCCCN3CCCCC3C)oc2c1.Cl. The summed E-state index contributed by atoms with van der Waals surface area (Å²) in [5.74, 6) is -0.0185. The average Bonchev–Trinajstić information content (AvgIpc) is 2.89. The molecule has 4 nitrogen and oxygen atoms in total. The van der Waals surface area contributed by atoms with E-state index < -0.39 is 0 Å². The molecule has 1 aromatic carbocycles. The lowest BCUT2D eigenvalue weighted by molar-refractivity contribution is 0.0441. The molecular weight excluding hydrogens is 338 g/mol. The largest absolute Gasteiger partial charge is 0.460 e. The minimum atomic E-state index is -0.354. The van der Waals surface area contributed by atoms with Crippen molar-refractivity contribution in [3.05, 3.63) is 35.1 Å². The highest BCUT2D eigenvalue weighted by molar-refractivity contribution is 5.96. The molecule has 1 aliphatic heterocycles. The standard InChI is InChI=1S/C20H27NO3.ClH/c1-14-8-9-17-16(3)19(24-18(17)13-14)20(22)23-12-6-11-21-10-5-4-7-15(21)2;/h8-9,13,15H,4-7,10-12H2,1-3H3;1H. The van der Waals surface area contributed by atoms with Crippen LogP contribution in [0.1, 0.15) is 54.3 Å². The van der Waals surface area contributed by atoms with E-state index in [1.165, 1.54) is 19.3 Å². The number of carbonyl (C=O) groups excluding carboxylic acids is 1. The number of piperidine rings is 1. The summed E-state index contributed by atoms with van der Waals surface area (Å²) in [6.07, 6.45) is 4.75. The van der Waals surface area contributed by atoms with Gasteiger partial charge >= 0.3 is 5.97 Å². The van der Waals surface area contributed by atoms with Crippen molar-refractivity contribution in [2.24, 2.45) is 0 Å². The number of rotatable bonds is 5. The van der Waals surface area contributed by atoms with Crippen molar-refractivity contribution in [3.8, 4) is 0 Å². The van der Waals surface area contributed by atoms with Crippen molar-refractivity contribution in [3.63, 3.8) is 0 Å². The third-order valence-corrected chi connectivity index (χ3v) is 5.04. The Morgan fingerprint density at radius 2 is 2.12 bits per heavy atom. The number of hydrogen-bond donors (Lipinski definition) is 0. The Labute approximate surface area is 155 Å². The summed E-state index contributed by atoms with van der Waals surface area (Å²) < 4.78 is 11.2. The maximum Gasteiger partial charge on any atom is 0.374 e. The number of likely N-dealkylation sites (tertiary alicyclic amines) is 1. The topological polar surface area (TPSA) is 42.7 Å². The van der Waals surface area contributed by atoms with Crippen molar-refractivity contribution < 1.29 is 13.9 Å². The Balaban J connectivity index is 0.00000225. The van der Waals surface area contributed by atoms with E-state index in [1.54, 1.807) is 0 Å².